The van der Waals surface area contributed by atoms with E-state index in [0.29, 0.717) is 12.6 Å². The van der Waals surface area contributed by atoms with Crippen molar-refractivity contribution >= 4 is 21.9 Å². The maximum Gasteiger partial charge on any atom is 0.225 e. The fourth-order valence-corrected chi connectivity index (χ4v) is 2.23. The number of nitrogens with two attached hydrogens (primary N) is 1. The van der Waals surface area contributed by atoms with Crippen molar-refractivity contribution in [3.63, 3.8) is 0 Å². The fourth-order valence-electron chi connectivity index (χ4n) is 2.02. The van der Waals surface area contributed by atoms with E-state index < -0.39 is 0 Å². The van der Waals surface area contributed by atoms with E-state index in [1.807, 2.05) is 0 Å². The summed E-state index contributed by atoms with van der Waals surface area (Å²) < 4.78 is 6.68. The Balaban J connectivity index is 1.77. The third-order valence-electron chi connectivity index (χ3n) is 3.03. The minimum absolute atomic E-state index is 0.364. The first-order valence-electron chi connectivity index (χ1n) is 6.34. The third kappa shape index (κ3) is 3.90. The van der Waals surface area contributed by atoms with E-state index in [9.17, 15) is 0 Å². The Morgan fingerprint density at radius 3 is 2.61 bits per heavy atom. The van der Waals surface area contributed by atoms with Crippen LogP contribution in [0, 0.1) is 0 Å². The highest BCUT2D eigenvalue weighted by molar-refractivity contribution is 9.10. The van der Waals surface area contributed by atoms with Gasteiger partial charge in [-0.15, -0.1) is 0 Å². The molecule has 5 nitrogen and oxygen atoms in total. The first-order valence-corrected chi connectivity index (χ1v) is 7.13. The quantitative estimate of drug-likeness (QED) is 0.836. The summed E-state index contributed by atoms with van der Waals surface area (Å²) >= 11 is 3.34. The first-order chi connectivity index (χ1) is 8.79. The van der Waals surface area contributed by atoms with Gasteiger partial charge >= 0.3 is 0 Å². The fraction of sp³-hybridized carbons (Fsp3) is 0.667. The third-order valence-corrected chi connectivity index (χ3v) is 3.44. The maximum atomic E-state index is 5.77. The molecule has 18 heavy (non-hydrogen) atoms. The van der Waals surface area contributed by atoms with Gasteiger partial charge in [-0.2, -0.15) is 0 Å². The van der Waals surface area contributed by atoms with Gasteiger partial charge in [0.25, 0.3) is 0 Å². The second-order valence-corrected chi connectivity index (χ2v) is 5.32. The van der Waals surface area contributed by atoms with Crippen LogP contribution in [-0.4, -0.2) is 42.3 Å². The van der Waals surface area contributed by atoms with Crippen LogP contribution >= 0.6 is 15.9 Å². The van der Waals surface area contributed by atoms with Crippen molar-refractivity contribution in [2.24, 2.45) is 5.73 Å². The Bertz CT molecular complexity index is 352. The van der Waals surface area contributed by atoms with Crippen LogP contribution in [0.3, 0.4) is 0 Å². The van der Waals surface area contributed by atoms with E-state index in [1.54, 1.807) is 12.4 Å². The highest BCUT2D eigenvalue weighted by Crippen LogP contribution is 2.18. The Hall–Kier alpha value is -0.720. The molecule has 1 aliphatic heterocycles. The zero-order valence-corrected chi connectivity index (χ0v) is 12.0. The first kappa shape index (κ1) is 13.7. The molecule has 2 heterocycles. The van der Waals surface area contributed by atoms with Crippen molar-refractivity contribution in [1.82, 2.24) is 9.97 Å². The van der Waals surface area contributed by atoms with E-state index in [0.717, 1.165) is 49.4 Å². The molecule has 100 valence electrons. The van der Waals surface area contributed by atoms with Crippen LogP contribution in [0.5, 0.6) is 0 Å². The maximum absolute atomic E-state index is 5.77. The summed E-state index contributed by atoms with van der Waals surface area (Å²) in [7, 11) is 0. The molecule has 1 fully saturated rings. The summed E-state index contributed by atoms with van der Waals surface area (Å²) in [5.74, 6) is 0.804. The second kappa shape index (κ2) is 7.01. The van der Waals surface area contributed by atoms with Crippen molar-refractivity contribution in [3.8, 4) is 0 Å². The lowest BCUT2D eigenvalue weighted by atomic mass is 10.1. The van der Waals surface area contributed by atoms with E-state index in [-0.39, 0.29) is 0 Å². The topological polar surface area (TPSA) is 64.3 Å². The summed E-state index contributed by atoms with van der Waals surface area (Å²) in [6.07, 6.45) is 6.94. The lowest BCUT2D eigenvalue weighted by Gasteiger charge is -2.31. The molecular weight excluding hydrogens is 296 g/mol. The van der Waals surface area contributed by atoms with E-state index in [1.165, 1.54) is 0 Å². The zero-order valence-electron chi connectivity index (χ0n) is 10.4. The normalized spacial score (nSPS) is 17.1. The summed E-state index contributed by atoms with van der Waals surface area (Å²) in [6, 6.07) is 0. The Morgan fingerprint density at radius 1 is 1.33 bits per heavy atom. The molecule has 6 heteroatoms. The van der Waals surface area contributed by atoms with Gasteiger partial charge in [0.05, 0.1) is 10.6 Å². The Kier molecular flexibility index (Phi) is 5.34. The monoisotopic (exact) mass is 314 g/mol. The van der Waals surface area contributed by atoms with Crippen LogP contribution in [0.25, 0.3) is 0 Å². The molecule has 0 saturated carbocycles. The SMILES string of the molecule is NCCCOC1CCN(c2ncc(Br)cn2)CC1. The van der Waals surface area contributed by atoms with Gasteiger partial charge in [0.15, 0.2) is 0 Å². The molecule has 0 radical (unpaired) electrons. The lowest BCUT2D eigenvalue weighted by molar-refractivity contribution is 0.0364. The van der Waals surface area contributed by atoms with E-state index in [2.05, 4.69) is 30.8 Å². The number of rotatable bonds is 5. The number of hydrogen-bond donors (Lipinski definition) is 1. The number of halogens is 1. The average Bonchev–Trinajstić information content (AvgIpc) is 2.41. The average molecular weight is 315 g/mol. The van der Waals surface area contributed by atoms with E-state index >= 15 is 0 Å². The summed E-state index contributed by atoms with van der Waals surface area (Å²) in [5.41, 5.74) is 5.45. The second-order valence-electron chi connectivity index (χ2n) is 4.40. The lowest BCUT2D eigenvalue weighted by Crippen LogP contribution is -2.38. The number of hydrogen-bond acceptors (Lipinski definition) is 5. The van der Waals surface area contributed by atoms with Crippen LogP contribution in [0.4, 0.5) is 5.95 Å². The molecule has 1 aromatic rings. The van der Waals surface area contributed by atoms with Gasteiger partial charge in [-0.3, -0.25) is 0 Å². The highest BCUT2D eigenvalue weighted by Gasteiger charge is 2.21. The molecule has 0 unspecified atom stereocenters. The molecule has 0 amide bonds. The largest absolute Gasteiger partial charge is 0.378 e. The molecule has 2 N–H and O–H groups in total. The van der Waals surface area contributed by atoms with Crippen molar-refractivity contribution in [2.45, 2.75) is 25.4 Å². The highest BCUT2D eigenvalue weighted by atomic mass is 79.9. The zero-order chi connectivity index (χ0) is 12.8. The summed E-state index contributed by atoms with van der Waals surface area (Å²) in [4.78, 5) is 10.8. The number of anilines is 1. The standard InChI is InChI=1S/C12H19BrN4O/c13-10-8-15-12(16-9-10)17-5-2-11(3-6-17)18-7-1-4-14/h8-9,11H,1-7,14H2. The number of ether oxygens (including phenoxy) is 1. The molecule has 0 atom stereocenters. The predicted molar refractivity (Wildman–Crippen MR) is 74.6 cm³/mol. The van der Waals surface area contributed by atoms with Crippen molar-refractivity contribution < 1.29 is 4.74 Å². The molecule has 1 aromatic heterocycles. The van der Waals surface area contributed by atoms with Gasteiger partial charge < -0.3 is 15.4 Å². The van der Waals surface area contributed by atoms with Gasteiger partial charge in [0.1, 0.15) is 0 Å². The van der Waals surface area contributed by atoms with Gasteiger partial charge in [-0.25, -0.2) is 9.97 Å². The molecule has 1 aliphatic rings. The van der Waals surface area contributed by atoms with E-state index in [4.69, 9.17) is 10.5 Å². The number of aromatic nitrogens is 2. The van der Waals surface area contributed by atoms with Gasteiger partial charge in [0, 0.05) is 32.1 Å². The van der Waals surface area contributed by atoms with Crippen LogP contribution in [0.2, 0.25) is 0 Å². The Labute approximate surface area is 116 Å². The minimum Gasteiger partial charge on any atom is -0.378 e. The van der Waals surface area contributed by atoms with Crippen molar-refractivity contribution in [1.29, 1.82) is 0 Å². The molecule has 0 aliphatic carbocycles. The van der Waals surface area contributed by atoms with Crippen LogP contribution in [-0.2, 0) is 4.74 Å². The van der Waals surface area contributed by atoms with Gasteiger partial charge in [0.2, 0.25) is 5.95 Å². The summed E-state index contributed by atoms with van der Waals surface area (Å²) in [6.45, 7) is 3.38. The van der Waals surface area contributed by atoms with Crippen LogP contribution in [0.15, 0.2) is 16.9 Å². The van der Waals surface area contributed by atoms with Gasteiger partial charge in [-0.1, -0.05) is 0 Å². The van der Waals surface area contributed by atoms with Gasteiger partial charge in [-0.05, 0) is 41.7 Å². The van der Waals surface area contributed by atoms with Crippen molar-refractivity contribution in [2.75, 3.05) is 31.1 Å². The Morgan fingerprint density at radius 2 is 2.00 bits per heavy atom. The molecule has 1 saturated heterocycles. The smallest absolute Gasteiger partial charge is 0.225 e. The number of nitrogens with zero attached hydrogens (tertiary/aromatic N) is 3. The molecule has 0 spiro atoms. The van der Waals surface area contributed by atoms with Crippen LogP contribution in [0.1, 0.15) is 19.3 Å². The minimum atomic E-state index is 0.364. The molecular formula is C12H19BrN4O. The van der Waals surface area contributed by atoms with Crippen molar-refractivity contribution in [3.05, 3.63) is 16.9 Å². The summed E-state index contributed by atoms with van der Waals surface area (Å²) in [5, 5.41) is 0. The number of piperidine rings is 1. The molecule has 0 bridgehead atoms. The molecule has 0 aromatic carbocycles. The van der Waals surface area contributed by atoms with Crippen LogP contribution < -0.4 is 10.6 Å². The predicted octanol–water partition coefficient (Wildman–Crippen LogP) is 1.57. The molecule has 2 rings (SSSR count).